The summed E-state index contributed by atoms with van der Waals surface area (Å²) >= 11 is 0. The molecule has 0 radical (unpaired) electrons. The summed E-state index contributed by atoms with van der Waals surface area (Å²) in [6, 6.07) is 15.8. The Morgan fingerprint density at radius 1 is 1.00 bits per heavy atom. The van der Waals surface area contributed by atoms with Crippen LogP contribution in [0.4, 0.5) is 0 Å². The summed E-state index contributed by atoms with van der Waals surface area (Å²) in [5.74, 6) is -0.419. The number of rotatable bonds is 6. The second-order valence-electron chi connectivity index (χ2n) is 5.16. The standard InChI is InChI=1S/C18H19NO3/c1-13(20)16-9-7-14(8-10-16)11-17(19)18(21)22-12-15-5-3-2-4-6-15/h2-10,17H,11-12,19H2,1H3/t17-/m0/s1. The van der Waals surface area contributed by atoms with Crippen LogP contribution in [-0.4, -0.2) is 17.8 Å². The lowest BCUT2D eigenvalue weighted by atomic mass is 10.0. The van der Waals surface area contributed by atoms with Gasteiger partial charge in [-0.05, 0) is 24.5 Å². The van der Waals surface area contributed by atoms with Gasteiger partial charge in [0.2, 0.25) is 0 Å². The fourth-order valence-corrected chi connectivity index (χ4v) is 2.05. The third-order valence-corrected chi connectivity index (χ3v) is 3.34. The zero-order chi connectivity index (χ0) is 15.9. The van der Waals surface area contributed by atoms with Crippen molar-refractivity contribution in [1.82, 2.24) is 0 Å². The van der Waals surface area contributed by atoms with Gasteiger partial charge in [0.05, 0.1) is 0 Å². The molecule has 2 N–H and O–H groups in total. The smallest absolute Gasteiger partial charge is 0.323 e. The van der Waals surface area contributed by atoms with Crippen LogP contribution in [0.5, 0.6) is 0 Å². The maximum atomic E-state index is 11.9. The Labute approximate surface area is 129 Å². The molecule has 4 nitrogen and oxygen atoms in total. The fraction of sp³-hybridized carbons (Fsp3) is 0.222. The number of ether oxygens (including phenoxy) is 1. The van der Waals surface area contributed by atoms with Crippen LogP contribution in [0.1, 0.15) is 28.4 Å². The molecule has 0 amide bonds. The lowest BCUT2D eigenvalue weighted by Gasteiger charge is -2.12. The van der Waals surface area contributed by atoms with E-state index in [0.717, 1.165) is 11.1 Å². The van der Waals surface area contributed by atoms with Crippen LogP contribution in [0, 0.1) is 0 Å². The van der Waals surface area contributed by atoms with Crippen molar-refractivity contribution in [3.05, 3.63) is 71.3 Å². The zero-order valence-electron chi connectivity index (χ0n) is 12.5. The minimum absolute atomic E-state index is 0.0121. The summed E-state index contributed by atoms with van der Waals surface area (Å²) in [5.41, 5.74) is 8.33. The maximum absolute atomic E-state index is 11.9. The number of nitrogens with two attached hydrogens (primary N) is 1. The lowest BCUT2D eigenvalue weighted by Crippen LogP contribution is -2.34. The van der Waals surface area contributed by atoms with Crippen molar-refractivity contribution < 1.29 is 14.3 Å². The van der Waals surface area contributed by atoms with Crippen molar-refractivity contribution in [1.29, 1.82) is 0 Å². The SMILES string of the molecule is CC(=O)c1ccc(C[C@H](N)C(=O)OCc2ccccc2)cc1. The number of hydrogen-bond donors (Lipinski definition) is 1. The quantitative estimate of drug-likeness (QED) is 0.657. The first-order valence-corrected chi connectivity index (χ1v) is 7.12. The van der Waals surface area contributed by atoms with E-state index in [9.17, 15) is 9.59 Å². The maximum Gasteiger partial charge on any atom is 0.323 e. The Balaban J connectivity index is 1.86. The molecule has 4 heteroatoms. The first-order chi connectivity index (χ1) is 10.6. The topological polar surface area (TPSA) is 69.4 Å². The van der Waals surface area contributed by atoms with Gasteiger partial charge in [0, 0.05) is 5.56 Å². The molecule has 0 aliphatic carbocycles. The van der Waals surface area contributed by atoms with E-state index in [4.69, 9.17) is 10.5 Å². The van der Waals surface area contributed by atoms with Crippen molar-refractivity contribution in [2.24, 2.45) is 5.73 Å². The van der Waals surface area contributed by atoms with Crippen LogP contribution in [-0.2, 0) is 22.6 Å². The van der Waals surface area contributed by atoms with E-state index in [-0.39, 0.29) is 12.4 Å². The predicted octanol–water partition coefficient (Wildman–Crippen LogP) is 2.50. The van der Waals surface area contributed by atoms with Crippen molar-refractivity contribution in [3.8, 4) is 0 Å². The highest BCUT2D eigenvalue weighted by atomic mass is 16.5. The van der Waals surface area contributed by atoms with E-state index in [2.05, 4.69) is 0 Å². The highest BCUT2D eigenvalue weighted by Gasteiger charge is 2.16. The molecule has 0 bridgehead atoms. The summed E-state index contributed by atoms with van der Waals surface area (Å²) < 4.78 is 5.21. The molecule has 0 aliphatic heterocycles. The van der Waals surface area contributed by atoms with Crippen molar-refractivity contribution in [2.75, 3.05) is 0 Å². The first-order valence-electron chi connectivity index (χ1n) is 7.12. The fourth-order valence-electron chi connectivity index (χ4n) is 2.05. The monoisotopic (exact) mass is 297 g/mol. The number of ketones is 1. The molecule has 22 heavy (non-hydrogen) atoms. The number of Topliss-reactive ketones (excluding diaryl/α,β-unsaturated/α-hetero) is 1. The summed E-state index contributed by atoms with van der Waals surface area (Å²) in [5, 5.41) is 0. The Morgan fingerprint density at radius 2 is 1.64 bits per heavy atom. The molecular formula is C18H19NO3. The molecular weight excluding hydrogens is 278 g/mol. The number of benzene rings is 2. The molecule has 0 spiro atoms. The molecule has 2 aromatic rings. The number of carbonyl (C=O) groups excluding carboxylic acids is 2. The average molecular weight is 297 g/mol. The third-order valence-electron chi connectivity index (χ3n) is 3.34. The van der Waals surface area contributed by atoms with E-state index >= 15 is 0 Å². The van der Waals surface area contributed by atoms with E-state index in [1.165, 1.54) is 6.92 Å². The molecule has 2 rings (SSSR count). The summed E-state index contributed by atoms with van der Waals surface area (Å²) in [6.45, 7) is 1.73. The van der Waals surface area contributed by atoms with Gasteiger partial charge in [-0.2, -0.15) is 0 Å². The largest absolute Gasteiger partial charge is 0.460 e. The van der Waals surface area contributed by atoms with Gasteiger partial charge in [0.15, 0.2) is 5.78 Å². The van der Waals surface area contributed by atoms with Crippen LogP contribution in [0.25, 0.3) is 0 Å². The zero-order valence-corrected chi connectivity index (χ0v) is 12.5. The molecule has 0 fully saturated rings. The number of hydrogen-bond acceptors (Lipinski definition) is 4. The molecule has 1 atom stereocenters. The number of carbonyl (C=O) groups is 2. The molecule has 0 aliphatic rings. The van der Waals surface area contributed by atoms with Gasteiger partial charge in [-0.25, -0.2) is 0 Å². The normalized spacial score (nSPS) is 11.7. The molecule has 0 unspecified atom stereocenters. The number of esters is 1. The minimum atomic E-state index is -0.716. The Bertz CT molecular complexity index is 635. The van der Waals surface area contributed by atoms with Gasteiger partial charge in [0.1, 0.15) is 12.6 Å². The average Bonchev–Trinajstić information content (AvgIpc) is 2.54. The summed E-state index contributed by atoms with van der Waals surface area (Å²) in [4.78, 5) is 23.1. The van der Waals surface area contributed by atoms with Gasteiger partial charge in [-0.1, -0.05) is 54.6 Å². The summed E-state index contributed by atoms with van der Waals surface area (Å²) in [7, 11) is 0. The third kappa shape index (κ3) is 4.53. The Hall–Kier alpha value is -2.46. The molecule has 2 aromatic carbocycles. The van der Waals surface area contributed by atoms with E-state index in [1.807, 2.05) is 30.3 Å². The van der Waals surface area contributed by atoms with Gasteiger partial charge < -0.3 is 10.5 Å². The van der Waals surface area contributed by atoms with Crippen LogP contribution in [0.3, 0.4) is 0 Å². The van der Waals surface area contributed by atoms with Gasteiger partial charge in [-0.15, -0.1) is 0 Å². The van der Waals surface area contributed by atoms with E-state index in [0.29, 0.717) is 12.0 Å². The van der Waals surface area contributed by atoms with Crippen molar-refractivity contribution >= 4 is 11.8 Å². The van der Waals surface area contributed by atoms with E-state index < -0.39 is 12.0 Å². The molecule has 0 saturated heterocycles. The van der Waals surface area contributed by atoms with Crippen LogP contribution >= 0.6 is 0 Å². The molecule has 0 heterocycles. The van der Waals surface area contributed by atoms with Gasteiger partial charge in [-0.3, -0.25) is 9.59 Å². The lowest BCUT2D eigenvalue weighted by molar-refractivity contribution is -0.146. The van der Waals surface area contributed by atoms with Crippen LogP contribution < -0.4 is 5.73 Å². The van der Waals surface area contributed by atoms with Crippen molar-refractivity contribution in [2.45, 2.75) is 26.0 Å². The predicted molar refractivity (Wildman–Crippen MR) is 84.4 cm³/mol. The van der Waals surface area contributed by atoms with Crippen LogP contribution in [0.15, 0.2) is 54.6 Å². The van der Waals surface area contributed by atoms with Gasteiger partial charge in [0.25, 0.3) is 0 Å². The van der Waals surface area contributed by atoms with Gasteiger partial charge >= 0.3 is 5.97 Å². The Kier molecular flexibility index (Phi) is 5.44. The molecule has 0 aromatic heterocycles. The Morgan fingerprint density at radius 3 is 2.23 bits per heavy atom. The highest BCUT2D eigenvalue weighted by molar-refractivity contribution is 5.94. The second kappa shape index (κ2) is 7.52. The molecule has 114 valence electrons. The first kappa shape index (κ1) is 15.9. The second-order valence-corrected chi connectivity index (χ2v) is 5.16. The van der Waals surface area contributed by atoms with Crippen LogP contribution in [0.2, 0.25) is 0 Å². The highest BCUT2D eigenvalue weighted by Crippen LogP contribution is 2.08. The van der Waals surface area contributed by atoms with E-state index in [1.54, 1.807) is 24.3 Å². The molecule has 0 saturated carbocycles. The summed E-state index contributed by atoms with van der Waals surface area (Å²) in [6.07, 6.45) is 0.381. The minimum Gasteiger partial charge on any atom is -0.460 e. The van der Waals surface area contributed by atoms with Crippen molar-refractivity contribution in [3.63, 3.8) is 0 Å².